The Morgan fingerprint density at radius 1 is 0.935 bits per heavy atom. The summed E-state index contributed by atoms with van der Waals surface area (Å²) in [6, 6.07) is 9.32. The van der Waals surface area contributed by atoms with E-state index in [2.05, 4.69) is 10.4 Å². The molecule has 1 aliphatic rings. The average molecular weight is 421 g/mol. The lowest BCUT2D eigenvalue weighted by molar-refractivity contribution is -0.127. The fraction of sp³-hybridized carbons (Fsp3) is 0.227. The third-order valence-corrected chi connectivity index (χ3v) is 5.23. The number of nitrogens with zero attached hydrogens (tertiary/aromatic N) is 2. The molecule has 1 atom stereocenters. The number of primary amides is 1. The molecule has 0 unspecified atom stereocenters. The van der Waals surface area contributed by atoms with Crippen LogP contribution >= 0.6 is 0 Å². The van der Waals surface area contributed by atoms with Crippen LogP contribution in [0.5, 0.6) is 0 Å². The zero-order valence-corrected chi connectivity index (χ0v) is 17.6. The lowest BCUT2D eigenvalue weighted by Crippen LogP contribution is -2.35. The van der Waals surface area contributed by atoms with Crippen LogP contribution in [0.3, 0.4) is 0 Å². The summed E-state index contributed by atoms with van der Waals surface area (Å²) in [5.74, 6) is -3.85. The lowest BCUT2D eigenvalue weighted by atomic mass is 10.0. The Kier molecular flexibility index (Phi) is 5.87. The molecule has 9 nitrogen and oxygen atoms in total. The zero-order valence-electron chi connectivity index (χ0n) is 17.6. The first-order chi connectivity index (χ1) is 14.6. The Bertz CT molecular complexity index is 1140. The van der Waals surface area contributed by atoms with Crippen LogP contribution in [0.1, 0.15) is 22.3 Å². The molecule has 0 spiro atoms. The van der Waals surface area contributed by atoms with Gasteiger partial charge in [0.2, 0.25) is 5.91 Å². The Morgan fingerprint density at radius 2 is 1.55 bits per heavy atom. The molecule has 1 saturated heterocycles. The van der Waals surface area contributed by atoms with Crippen molar-refractivity contribution >= 4 is 40.8 Å². The highest BCUT2D eigenvalue weighted by atomic mass is 16.2. The van der Waals surface area contributed by atoms with E-state index in [1.807, 2.05) is 39.2 Å². The molecule has 1 aliphatic heterocycles. The molecule has 0 aliphatic carbocycles. The topological polar surface area (TPSA) is 134 Å². The van der Waals surface area contributed by atoms with Crippen LogP contribution in [-0.4, -0.2) is 29.5 Å². The second-order valence-corrected chi connectivity index (χ2v) is 7.44. The minimum Gasteiger partial charge on any atom is -0.350 e. The molecule has 1 fully saturated rings. The van der Waals surface area contributed by atoms with E-state index < -0.39 is 35.4 Å². The summed E-state index contributed by atoms with van der Waals surface area (Å²) in [5.41, 5.74) is 11.2. The predicted molar refractivity (Wildman–Crippen MR) is 117 cm³/mol. The largest absolute Gasteiger partial charge is 0.350 e. The Balaban J connectivity index is 1.99. The van der Waals surface area contributed by atoms with Crippen molar-refractivity contribution in [1.29, 1.82) is 0 Å². The van der Waals surface area contributed by atoms with Gasteiger partial charge in [-0.3, -0.25) is 14.4 Å². The minimum absolute atomic E-state index is 0.311. The molecular weight excluding hydrogens is 398 g/mol. The number of carbonyl (C=O) groups is 4. The number of imide groups is 1. The Labute approximate surface area is 179 Å². The number of amides is 5. The van der Waals surface area contributed by atoms with E-state index in [0.29, 0.717) is 11.4 Å². The van der Waals surface area contributed by atoms with E-state index in [4.69, 9.17) is 5.73 Å². The molecule has 0 aromatic heterocycles. The molecule has 5 amide bonds. The summed E-state index contributed by atoms with van der Waals surface area (Å²) < 4.78 is 0. The molecule has 2 aromatic rings. The maximum absolute atomic E-state index is 13.1. The SMILES string of the molecule is Cc1ccc(NC(=O)[C@@H]2C(=O)N(c3ccc(C)c(C)c3)C(=O)/C2=N/NC(N)=O)cc1C. The van der Waals surface area contributed by atoms with Crippen molar-refractivity contribution in [2.24, 2.45) is 16.8 Å². The number of hydrogen-bond acceptors (Lipinski definition) is 5. The monoisotopic (exact) mass is 421 g/mol. The summed E-state index contributed by atoms with van der Waals surface area (Å²) in [5, 5.41) is 6.31. The van der Waals surface area contributed by atoms with Crippen LogP contribution in [0, 0.1) is 33.6 Å². The Hall–Kier alpha value is -4.01. The van der Waals surface area contributed by atoms with Gasteiger partial charge < -0.3 is 11.1 Å². The van der Waals surface area contributed by atoms with E-state index in [0.717, 1.165) is 27.2 Å². The quantitative estimate of drug-likeness (QED) is 0.396. The number of urea groups is 1. The van der Waals surface area contributed by atoms with Crippen LogP contribution in [0.25, 0.3) is 0 Å². The number of nitrogens with two attached hydrogens (primary N) is 1. The molecule has 0 saturated carbocycles. The lowest BCUT2D eigenvalue weighted by Gasteiger charge is -2.15. The van der Waals surface area contributed by atoms with Gasteiger partial charge in [-0.1, -0.05) is 12.1 Å². The first-order valence-electron chi connectivity index (χ1n) is 9.57. The fourth-order valence-electron chi connectivity index (χ4n) is 3.19. The number of aryl methyl sites for hydroxylation is 4. The standard InChI is InChI=1S/C22H23N5O4/c1-11-5-7-15(9-13(11)3)24-19(28)17-18(25-26-22(23)31)21(30)27(20(17)29)16-8-6-12(2)14(4)10-16/h5-10,17H,1-4H3,(H,24,28)(H3,23,26,31)/b25-18+/t17-/m1/s1. The van der Waals surface area contributed by atoms with Crippen molar-refractivity contribution in [3.63, 3.8) is 0 Å². The molecular formula is C22H23N5O4. The minimum atomic E-state index is -1.54. The molecule has 9 heteroatoms. The van der Waals surface area contributed by atoms with Crippen LogP contribution in [0.2, 0.25) is 0 Å². The first kappa shape index (κ1) is 21.7. The highest BCUT2D eigenvalue weighted by molar-refractivity contribution is 6.61. The molecule has 3 rings (SSSR count). The summed E-state index contributed by atoms with van der Waals surface area (Å²) in [4.78, 5) is 51.1. The summed E-state index contributed by atoms with van der Waals surface area (Å²) in [6.07, 6.45) is 0. The molecule has 160 valence electrons. The maximum Gasteiger partial charge on any atom is 0.332 e. The fourth-order valence-corrected chi connectivity index (χ4v) is 3.19. The highest BCUT2D eigenvalue weighted by Gasteiger charge is 2.50. The number of hydrogen-bond donors (Lipinski definition) is 3. The van der Waals surface area contributed by atoms with Gasteiger partial charge in [-0.15, -0.1) is 0 Å². The summed E-state index contributed by atoms with van der Waals surface area (Å²) in [7, 11) is 0. The smallest absolute Gasteiger partial charge is 0.332 e. The molecule has 4 N–H and O–H groups in total. The van der Waals surface area contributed by atoms with Gasteiger partial charge in [0.15, 0.2) is 5.92 Å². The van der Waals surface area contributed by atoms with E-state index in [9.17, 15) is 19.2 Å². The van der Waals surface area contributed by atoms with Crippen molar-refractivity contribution in [3.8, 4) is 0 Å². The van der Waals surface area contributed by atoms with Gasteiger partial charge in [-0.25, -0.2) is 15.1 Å². The molecule has 31 heavy (non-hydrogen) atoms. The number of anilines is 2. The normalized spacial score (nSPS) is 17.2. The first-order valence-corrected chi connectivity index (χ1v) is 9.57. The second kappa shape index (κ2) is 8.39. The van der Waals surface area contributed by atoms with Gasteiger partial charge in [-0.2, -0.15) is 5.10 Å². The summed E-state index contributed by atoms with van der Waals surface area (Å²) >= 11 is 0. The second-order valence-electron chi connectivity index (χ2n) is 7.44. The van der Waals surface area contributed by atoms with Crippen molar-refractivity contribution in [1.82, 2.24) is 5.43 Å². The van der Waals surface area contributed by atoms with Gasteiger partial charge in [-0.05, 0) is 74.2 Å². The number of rotatable bonds is 4. The van der Waals surface area contributed by atoms with Crippen LogP contribution in [-0.2, 0) is 14.4 Å². The number of benzene rings is 2. The van der Waals surface area contributed by atoms with Gasteiger partial charge in [0.05, 0.1) is 5.69 Å². The van der Waals surface area contributed by atoms with Gasteiger partial charge in [0.1, 0.15) is 5.71 Å². The maximum atomic E-state index is 13.1. The third kappa shape index (κ3) is 4.30. The predicted octanol–water partition coefficient (Wildman–Crippen LogP) is 2.07. The molecule has 0 bridgehead atoms. The van der Waals surface area contributed by atoms with Crippen LogP contribution < -0.4 is 21.4 Å². The van der Waals surface area contributed by atoms with E-state index in [-0.39, 0.29) is 0 Å². The van der Waals surface area contributed by atoms with Gasteiger partial charge in [0, 0.05) is 5.69 Å². The zero-order chi connectivity index (χ0) is 22.9. The van der Waals surface area contributed by atoms with Gasteiger partial charge in [0.25, 0.3) is 11.8 Å². The molecule has 1 heterocycles. The summed E-state index contributed by atoms with van der Waals surface area (Å²) in [6.45, 7) is 7.57. The van der Waals surface area contributed by atoms with Crippen molar-refractivity contribution in [3.05, 3.63) is 58.7 Å². The van der Waals surface area contributed by atoms with Crippen molar-refractivity contribution in [2.75, 3.05) is 10.2 Å². The van der Waals surface area contributed by atoms with Crippen LogP contribution in [0.15, 0.2) is 41.5 Å². The third-order valence-electron chi connectivity index (χ3n) is 5.23. The van der Waals surface area contributed by atoms with E-state index in [1.165, 1.54) is 0 Å². The molecule has 0 radical (unpaired) electrons. The van der Waals surface area contributed by atoms with Crippen molar-refractivity contribution in [2.45, 2.75) is 27.7 Å². The molecule has 2 aromatic carbocycles. The van der Waals surface area contributed by atoms with E-state index >= 15 is 0 Å². The number of hydrazone groups is 1. The highest BCUT2D eigenvalue weighted by Crippen LogP contribution is 2.28. The average Bonchev–Trinajstić information content (AvgIpc) is 2.95. The van der Waals surface area contributed by atoms with Crippen molar-refractivity contribution < 1.29 is 19.2 Å². The van der Waals surface area contributed by atoms with Gasteiger partial charge >= 0.3 is 6.03 Å². The number of nitrogens with one attached hydrogen (secondary N) is 2. The Morgan fingerprint density at radius 3 is 2.13 bits per heavy atom. The number of carbonyl (C=O) groups excluding carboxylic acids is 4. The van der Waals surface area contributed by atoms with Crippen LogP contribution in [0.4, 0.5) is 16.2 Å². The van der Waals surface area contributed by atoms with E-state index in [1.54, 1.807) is 30.3 Å².